The van der Waals surface area contributed by atoms with Gasteiger partial charge < -0.3 is 14.2 Å². The SMILES string of the molecule is COC(=O)c1ccc(CC[C@H]2COC(C)(C)O2)cc1C#N. The van der Waals surface area contributed by atoms with Crippen molar-refractivity contribution < 1.29 is 19.0 Å². The fourth-order valence-electron chi connectivity index (χ4n) is 2.36. The van der Waals surface area contributed by atoms with E-state index in [-0.39, 0.29) is 6.10 Å². The number of nitriles is 1. The van der Waals surface area contributed by atoms with Gasteiger partial charge in [-0.05, 0) is 44.4 Å². The van der Waals surface area contributed by atoms with Crippen molar-refractivity contribution >= 4 is 5.97 Å². The summed E-state index contributed by atoms with van der Waals surface area (Å²) in [6.45, 7) is 4.37. The third-order valence-corrected chi connectivity index (χ3v) is 3.43. The number of benzene rings is 1. The molecule has 1 saturated heterocycles. The number of nitrogens with zero attached hydrogens (tertiary/aromatic N) is 1. The molecule has 1 aliphatic heterocycles. The van der Waals surface area contributed by atoms with Crippen LogP contribution < -0.4 is 0 Å². The van der Waals surface area contributed by atoms with Crippen LogP contribution in [0.25, 0.3) is 0 Å². The molecule has 5 nitrogen and oxygen atoms in total. The number of rotatable bonds is 4. The molecule has 2 rings (SSSR count). The molecule has 0 spiro atoms. The first-order valence-corrected chi connectivity index (χ1v) is 6.88. The second-order valence-corrected chi connectivity index (χ2v) is 5.47. The highest BCUT2D eigenvalue weighted by Gasteiger charge is 2.32. The quantitative estimate of drug-likeness (QED) is 0.796. The van der Waals surface area contributed by atoms with E-state index in [1.54, 1.807) is 12.1 Å². The van der Waals surface area contributed by atoms with Crippen molar-refractivity contribution in [2.75, 3.05) is 13.7 Å². The van der Waals surface area contributed by atoms with E-state index < -0.39 is 11.8 Å². The molecule has 0 aromatic heterocycles. The molecule has 1 aromatic carbocycles. The Balaban J connectivity index is 2.02. The molecule has 1 fully saturated rings. The lowest BCUT2D eigenvalue weighted by Crippen LogP contribution is -2.21. The monoisotopic (exact) mass is 289 g/mol. The molecule has 0 saturated carbocycles. The highest BCUT2D eigenvalue weighted by molar-refractivity contribution is 5.92. The van der Waals surface area contributed by atoms with E-state index in [1.807, 2.05) is 26.0 Å². The maximum absolute atomic E-state index is 11.5. The zero-order chi connectivity index (χ0) is 15.5. The molecule has 0 unspecified atom stereocenters. The van der Waals surface area contributed by atoms with Crippen molar-refractivity contribution in [2.24, 2.45) is 0 Å². The molecule has 1 atom stereocenters. The Hall–Kier alpha value is -1.90. The summed E-state index contributed by atoms with van der Waals surface area (Å²) in [5, 5.41) is 9.13. The van der Waals surface area contributed by atoms with Crippen molar-refractivity contribution in [3.63, 3.8) is 0 Å². The Morgan fingerprint density at radius 1 is 1.52 bits per heavy atom. The first kappa shape index (κ1) is 15.5. The van der Waals surface area contributed by atoms with Crippen molar-refractivity contribution in [3.8, 4) is 6.07 Å². The van der Waals surface area contributed by atoms with Gasteiger partial charge in [0.1, 0.15) is 6.07 Å². The van der Waals surface area contributed by atoms with Crippen LogP contribution in [0.3, 0.4) is 0 Å². The van der Waals surface area contributed by atoms with Crippen LogP contribution in [-0.2, 0) is 20.6 Å². The van der Waals surface area contributed by atoms with Crippen molar-refractivity contribution in [3.05, 3.63) is 34.9 Å². The molecule has 0 aliphatic carbocycles. The summed E-state index contributed by atoms with van der Waals surface area (Å²) in [7, 11) is 1.30. The molecule has 0 radical (unpaired) electrons. The van der Waals surface area contributed by atoms with Crippen molar-refractivity contribution in [1.82, 2.24) is 0 Å². The van der Waals surface area contributed by atoms with Gasteiger partial charge in [-0.2, -0.15) is 5.26 Å². The normalized spacial score (nSPS) is 20.0. The molecular weight excluding hydrogens is 270 g/mol. The van der Waals surface area contributed by atoms with Crippen LogP contribution in [0.15, 0.2) is 18.2 Å². The molecule has 0 bridgehead atoms. The number of ether oxygens (including phenoxy) is 3. The van der Waals surface area contributed by atoms with Gasteiger partial charge in [-0.15, -0.1) is 0 Å². The highest BCUT2D eigenvalue weighted by Crippen LogP contribution is 2.25. The largest absolute Gasteiger partial charge is 0.465 e. The van der Waals surface area contributed by atoms with Gasteiger partial charge in [0.05, 0.1) is 30.9 Å². The van der Waals surface area contributed by atoms with E-state index in [1.165, 1.54) is 7.11 Å². The summed E-state index contributed by atoms with van der Waals surface area (Å²) in [6, 6.07) is 7.24. The predicted octanol–water partition coefficient (Wildman–Crippen LogP) is 2.43. The van der Waals surface area contributed by atoms with E-state index in [0.29, 0.717) is 17.7 Å². The minimum atomic E-state index is -0.517. The van der Waals surface area contributed by atoms with E-state index in [9.17, 15) is 4.79 Å². The zero-order valence-electron chi connectivity index (χ0n) is 12.5. The molecule has 1 aliphatic rings. The second kappa shape index (κ2) is 6.25. The molecule has 0 amide bonds. The lowest BCUT2D eigenvalue weighted by atomic mass is 10.0. The average Bonchev–Trinajstić information content (AvgIpc) is 2.83. The fraction of sp³-hybridized carbons (Fsp3) is 0.500. The Kier molecular flexibility index (Phi) is 4.61. The van der Waals surface area contributed by atoms with Gasteiger partial charge in [0.2, 0.25) is 0 Å². The summed E-state index contributed by atoms with van der Waals surface area (Å²) >= 11 is 0. The highest BCUT2D eigenvalue weighted by atomic mass is 16.7. The molecule has 1 aromatic rings. The zero-order valence-corrected chi connectivity index (χ0v) is 12.5. The standard InChI is InChI=1S/C16H19NO4/c1-16(2)20-10-13(21-16)6-4-11-5-7-14(15(18)19-3)12(8-11)9-17/h5,7-8,13H,4,6,10H2,1-3H3/t13-/m0/s1. The second-order valence-electron chi connectivity index (χ2n) is 5.47. The lowest BCUT2D eigenvalue weighted by molar-refractivity contribution is -0.138. The first-order valence-electron chi connectivity index (χ1n) is 6.88. The van der Waals surface area contributed by atoms with Crippen LogP contribution >= 0.6 is 0 Å². The maximum Gasteiger partial charge on any atom is 0.339 e. The smallest absolute Gasteiger partial charge is 0.339 e. The van der Waals surface area contributed by atoms with Gasteiger partial charge in [0, 0.05) is 0 Å². The Bertz CT molecular complexity index is 574. The van der Waals surface area contributed by atoms with Gasteiger partial charge in [0.15, 0.2) is 5.79 Å². The molecule has 21 heavy (non-hydrogen) atoms. The Morgan fingerprint density at radius 3 is 2.86 bits per heavy atom. The van der Waals surface area contributed by atoms with Gasteiger partial charge in [-0.3, -0.25) is 0 Å². The molecule has 1 heterocycles. The van der Waals surface area contributed by atoms with Crippen molar-refractivity contribution in [2.45, 2.75) is 38.6 Å². The number of aryl methyl sites for hydroxylation is 1. The van der Waals surface area contributed by atoms with E-state index in [0.717, 1.165) is 18.4 Å². The summed E-state index contributed by atoms with van der Waals surface area (Å²) in [6.07, 6.45) is 1.64. The summed E-state index contributed by atoms with van der Waals surface area (Å²) < 4.78 is 15.9. The van der Waals surface area contributed by atoms with Crippen molar-refractivity contribution in [1.29, 1.82) is 5.26 Å². The third kappa shape index (κ3) is 3.81. The van der Waals surface area contributed by atoms with E-state index >= 15 is 0 Å². The minimum Gasteiger partial charge on any atom is -0.465 e. The summed E-state index contributed by atoms with van der Waals surface area (Å²) in [4.78, 5) is 11.5. The number of hydrogen-bond donors (Lipinski definition) is 0. The average molecular weight is 289 g/mol. The summed E-state index contributed by atoms with van der Waals surface area (Å²) in [5.41, 5.74) is 1.63. The van der Waals surface area contributed by atoms with Crippen LogP contribution in [0.4, 0.5) is 0 Å². The van der Waals surface area contributed by atoms with Gasteiger partial charge in [-0.25, -0.2) is 4.79 Å². The number of carbonyl (C=O) groups excluding carboxylic acids is 1. The predicted molar refractivity (Wildman–Crippen MR) is 75.7 cm³/mol. The molecule has 0 N–H and O–H groups in total. The van der Waals surface area contributed by atoms with Crippen LogP contribution in [0, 0.1) is 11.3 Å². The third-order valence-electron chi connectivity index (χ3n) is 3.43. The van der Waals surface area contributed by atoms with E-state index in [2.05, 4.69) is 4.74 Å². The Labute approximate surface area is 124 Å². The maximum atomic E-state index is 11.5. The van der Waals surface area contributed by atoms with Crippen LogP contribution in [0.5, 0.6) is 0 Å². The van der Waals surface area contributed by atoms with Crippen LogP contribution in [0.1, 0.15) is 41.8 Å². The molecule has 5 heteroatoms. The van der Waals surface area contributed by atoms with Gasteiger partial charge in [0.25, 0.3) is 0 Å². The number of carbonyl (C=O) groups is 1. The minimum absolute atomic E-state index is 0.0609. The van der Waals surface area contributed by atoms with E-state index in [4.69, 9.17) is 14.7 Å². The van der Waals surface area contributed by atoms with Gasteiger partial charge in [-0.1, -0.05) is 6.07 Å². The number of hydrogen-bond acceptors (Lipinski definition) is 5. The molecule has 112 valence electrons. The molecular formula is C16H19NO4. The van der Waals surface area contributed by atoms with Crippen LogP contribution in [-0.4, -0.2) is 31.6 Å². The fourth-order valence-corrected chi connectivity index (χ4v) is 2.36. The Morgan fingerprint density at radius 2 is 2.29 bits per heavy atom. The summed E-state index contributed by atoms with van der Waals surface area (Å²) in [5.74, 6) is -1.01. The first-order chi connectivity index (χ1) is 9.95. The number of methoxy groups -OCH3 is 1. The van der Waals surface area contributed by atoms with Gasteiger partial charge >= 0.3 is 5.97 Å². The number of esters is 1. The lowest BCUT2D eigenvalue weighted by Gasteiger charge is -2.17. The van der Waals surface area contributed by atoms with Crippen LogP contribution in [0.2, 0.25) is 0 Å². The topological polar surface area (TPSA) is 68.6 Å².